The minimum atomic E-state index is -4.50. The molecule has 2 nitrogen and oxygen atoms in total. The van der Waals surface area contributed by atoms with Crippen LogP contribution in [0.3, 0.4) is 0 Å². The Bertz CT molecular complexity index is 428. The predicted octanol–water partition coefficient (Wildman–Crippen LogP) is 3.55. The first-order chi connectivity index (χ1) is 7.32. The summed E-state index contributed by atoms with van der Waals surface area (Å²) in [5.74, 6) is -0.711. The van der Waals surface area contributed by atoms with Gasteiger partial charge in [0.2, 0.25) is 0 Å². The minimum Gasteiger partial charge on any atom is -0.321 e. The molecule has 6 heteroatoms. The van der Waals surface area contributed by atoms with Crippen LogP contribution in [-0.2, 0) is 11.0 Å². The second kappa shape index (κ2) is 4.69. The van der Waals surface area contributed by atoms with Gasteiger partial charge < -0.3 is 5.32 Å². The molecule has 0 saturated heterocycles. The maximum absolute atomic E-state index is 12.5. The van der Waals surface area contributed by atoms with Crippen molar-refractivity contribution in [3.63, 3.8) is 0 Å². The smallest absolute Gasteiger partial charge is 0.321 e. The Labute approximate surface area is 98.3 Å². The summed E-state index contributed by atoms with van der Waals surface area (Å²) < 4.78 is 37.5. The molecule has 86 valence electrons. The maximum atomic E-state index is 12.5. The third-order valence-corrected chi connectivity index (χ3v) is 2.09. The van der Waals surface area contributed by atoms with Crippen LogP contribution < -0.4 is 5.32 Å². The predicted molar refractivity (Wildman–Crippen MR) is 58.1 cm³/mol. The van der Waals surface area contributed by atoms with Crippen LogP contribution in [-0.4, -0.2) is 5.91 Å². The highest BCUT2D eigenvalue weighted by Gasteiger charge is 2.33. The number of alkyl halides is 3. The third kappa shape index (κ3) is 3.10. The van der Waals surface area contributed by atoms with Crippen LogP contribution in [0.4, 0.5) is 18.9 Å². The van der Waals surface area contributed by atoms with Crippen molar-refractivity contribution in [3.05, 3.63) is 40.9 Å². The van der Waals surface area contributed by atoms with E-state index in [-0.39, 0.29) is 10.2 Å². The first-order valence-corrected chi connectivity index (χ1v) is 4.93. The summed E-state index contributed by atoms with van der Waals surface area (Å²) in [4.78, 5) is 11.2. The number of halogens is 4. The van der Waals surface area contributed by atoms with E-state index in [9.17, 15) is 18.0 Å². The SMILES string of the molecule is C=C(Br)C(=O)Nc1ccccc1C(F)(F)F. The lowest BCUT2D eigenvalue weighted by molar-refractivity contribution is -0.136. The molecule has 0 aliphatic carbocycles. The summed E-state index contributed by atoms with van der Waals surface area (Å²) in [5, 5.41) is 2.11. The van der Waals surface area contributed by atoms with Gasteiger partial charge in [0, 0.05) is 0 Å². The standard InChI is InChI=1S/C10H7BrF3NO/c1-6(11)9(16)15-8-5-3-2-4-7(8)10(12,13)14/h2-5H,1H2,(H,15,16). The van der Waals surface area contributed by atoms with Gasteiger partial charge in [-0.15, -0.1) is 0 Å². The van der Waals surface area contributed by atoms with E-state index in [0.29, 0.717) is 0 Å². The normalized spacial score (nSPS) is 11.0. The van der Waals surface area contributed by atoms with Crippen LogP contribution in [0.1, 0.15) is 5.56 Å². The first-order valence-electron chi connectivity index (χ1n) is 4.14. The van der Waals surface area contributed by atoms with Crippen molar-refractivity contribution in [1.29, 1.82) is 0 Å². The first kappa shape index (κ1) is 12.8. The van der Waals surface area contributed by atoms with Crippen LogP contribution in [0, 0.1) is 0 Å². The summed E-state index contributed by atoms with van der Waals surface area (Å²) in [6, 6.07) is 4.73. The Balaban J connectivity index is 3.05. The van der Waals surface area contributed by atoms with Crippen LogP contribution in [0.5, 0.6) is 0 Å². The van der Waals surface area contributed by atoms with Crippen LogP contribution in [0.25, 0.3) is 0 Å². The van der Waals surface area contributed by atoms with Crippen molar-refractivity contribution < 1.29 is 18.0 Å². The van der Waals surface area contributed by atoms with Gasteiger partial charge in [-0.2, -0.15) is 13.2 Å². The average Bonchev–Trinajstić information content (AvgIpc) is 2.16. The molecule has 1 aromatic carbocycles. The highest BCUT2D eigenvalue weighted by molar-refractivity contribution is 9.12. The second-order valence-corrected chi connectivity index (χ2v) is 3.86. The van der Waals surface area contributed by atoms with Gasteiger partial charge >= 0.3 is 6.18 Å². The van der Waals surface area contributed by atoms with Gasteiger partial charge in [0.25, 0.3) is 5.91 Å². The molecule has 0 aliphatic heterocycles. The Morgan fingerprint density at radius 2 is 1.88 bits per heavy atom. The van der Waals surface area contributed by atoms with Crippen LogP contribution in [0.2, 0.25) is 0 Å². The molecule has 1 N–H and O–H groups in total. The number of para-hydroxylation sites is 1. The molecule has 0 aliphatic rings. The molecule has 1 amide bonds. The summed E-state index contributed by atoms with van der Waals surface area (Å²) in [6.07, 6.45) is -4.50. The van der Waals surface area contributed by atoms with Gasteiger partial charge in [0.1, 0.15) is 0 Å². The summed E-state index contributed by atoms with van der Waals surface area (Å²) in [6.45, 7) is 3.27. The second-order valence-electron chi connectivity index (χ2n) is 2.90. The van der Waals surface area contributed by atoms with E-state index in [2.05, 4.69) is 27.8 Å². The van der Waals surface area contributed by atoms with Crippen LogP contribution >= 0.6 is 15.9 Å². The highest BCUT2D eigenvalue weighted by atomic mass is 79.9. The average molecular weight is 294 g/mol. The number of nitrogens with one attached hydrogen (secondary N) is 1. The molecule has 0 heterocycles. The molecule has 0 aromatic heterocycles. The summed E-state index contributed by atoms with van der Waals surface area (Å²) >= 11 is 2.78. The van der Waals surface area contributed by atoms with Crippen LogP contribution in [0.15, 0.2) is 35.3 Å². The molecule has 1 aromatic rings. The van der Waals surface area contributed by atoms with Gasteiger partial charge in [-0.05, 0) is 28.1 Å². The van der Waals surface area contributed by atoms with Crippen molar-refractivity contribution >= 4 is 27.5 Å². The lowest BCUT2D eigenvalue weighted by Crippen LogP contribution is -2.15. The zero-order valence-electron chi connectivity index (χ0n) is 7.94. The van der Waals surface area contributed by atoms with Gasteiger partial charge in [0.15, 0.2) is 0 Å². The largest absolute Gasteiger partial charge is 0.418 e. The number of hydrogen-bond donors (Lipinski definition) is 1. The van der Waals surface area contributed by atoms with Crippen molar-refractivity contribution in [2.24, 2.45) is 0 Å². The fourth-order valence-corrected chi connectivity index (χ4v) is 1.13. The van der Waals surface area contributed by atoms with E-state index in [4.69, 9.17) is 0 Å². The molecule has 16 heavy (non-hydrogen) atoms. The molecule has 0 radical (unpaired) electrons. The van der Waals surface area contributed by atoms with Crippen molar-refractivity contribution in [1.82, 2.24) is 0 Å². The molecular formula is C10H7BrF3NO. The summed E-state index contributed by atoms with van der Waals surface area (Å²) in [5.41, 5.74) is -1.18. The molecule has 0 atom stereocenters. The molecule has 0 saturated carbocycles. The minimum absolute atomic E-state index is 0.0375. The molecular weight excluding hydrogens is 287 g/mol. The molecule has 0 spiro atoms. The van der Waals surface area contributed by atoms with Crippen molar-refractivity contribution in [3.8, 4) is 0 Å². The third-order valence-electron chi connectivity index (χ3n) is 1.73. The van der Waals surface area contributed by atoms with E-state index in [1.807, 2.05) is 0 Å². The van der Waals surface area contributed by atoms with Crippen molar-refractivity contribution in [2.75, 3.05) is 5.32 Å². The Morgan fingerprint density at radius 3 is 2.38 bits per heavy atom. The maximum Gasteiger partial charge on any atom is 0.418 e. The van der Waals surface area contributed by atoms with E-state index >= 15 is 0 Å². The zero-order valence-corrected chi connectivity index (χ0v) is 9.52. The van der Waals surface area contributed by atoms with E-state index < -0.39 is 17.6 Å². The fraction of sp³-hybridized carbons (Fsp3) is 0.100. The van der Waals surface area contributed by atoms with E-state index in [1.54, 1.807) is 0 Å². The number of anilines is 1. The number of carbonyl (C=O) groups excluding carboxylic acids is 1. The molecule has 0 unspecified atom stereocenters. The highest BCUT2D eigenvalue weighted by Crippen LogP contribution is 2.34. The van der Waals surface area contributed by atoms with Gasteiger partial charge in [-0.1, -0.05) is 18.7 Å². The monoisotopic (exact) mass is 293 g/mol. The van der Waals surface area contributed by atoms with Gasteiger partial charge in [-0.3, -0.25) is 4.79 Å². The topological polar surface area (TPSA) is 29.1 Å². The number of carbonyl (C=O) groups is 1. The summed E-state index contributed by atoms with van der Waals surface area (Å²) in [7, 11) is 0. The fourth-order valence-electron chi connectivity index (χ4n) is 1.03. The number of rotatable bonds is 2. The van der Waals surface area contributed by atoms with E-state index in [0.717, 1.165) is 6.07 Å². The molecule has 0 bridgehead atoms. The Morgan fingerprint density at radius 1 is 1.31 bits per heavy atom. The number of amides is 1. The number of hydrogen-bond acceptors (Lipinski definition) is 1. The van der Waals surface area contributed by atoms with Gasteiger partial charge in [-0.25, -0.2) is 0 Å². The molecule has 0 fully saturated rings. The quantitative estimate of drug-likeness (QED) is 0.830. The number of benzene rings is 1. The zero-order chi connectivity index (χ0) is 12.3. The van der Waals surface area contributed by atoms with Gasteiger partial charge in [0.05, 0.1) is 15.7 Å². The van der Waals surface area contributed by atoms with E-state index in [1.165, 1.54) is 18.2 Å². The Hall–Kier alpha value is -1.30. The van der Waals surface area contributed by atoms with Crippen molar-refractivity contribution in [2.45, 2.75) is 6.18 Å². The molecule has 1 rings (SSSR count). The Kier molecular flexibility index (Phi) is 3.74. The lowest BCUT2D eigenvalue weighted by Gasteiger charge is -2.12. The lowest BCUT2D eigenvalue weighted by atomic mass is 10.1.